The van der Waals surface area contributed by atoms with Crippen LogP contribution in [0.4, 0.5) is 5.13 Å². The number of anilines is 1. The number of rotatable bonds is 5. The number of thiazole rings is 1. The molecule has 0 radical (unpaired) electrons. The third kappa shape index (κ3) is 2.88. The van der Waals surface area contributed by atoms with Gasteiger partial charge < -0.3 is 5.32 Å². The van der Waals surface area contributed by atoms with E-state index in [4.69, 9.17) is 0 Å². The van der Waals surface area contributed by atoms with Crippen LogP contribution in [0.25, 0.3) is 11.0 Å². The minimum atomic E-state index is -0.361. The molecule has 1 N–H and O–H groups in total. The van der Waals surface area contributed by atoms with Crippen LogP contribution in [0.5, 0.6) is 0 Å². The number of carbonyl (C=O) groups is 2. The lowest BCUT2D eigenvalue weighted by atomic mass is 10.3. The molecule has 0 aliphatic rings. The van der Waals surface area contributed by atoms with Gasteiger partial charge in [-0.1, -0.05) is 12.1 Å². The normalized spacial score (nSPS) is 10.9. The SMILES string of the molecule is CCn1c(=O)n(CC(=O)Nc2nc(C(C)=O)cs2)c2ccccc21. The number of carbonyl (C=O) groups excluding carboxylic acids is 2. The summed E-state index contributed by atoms with van der Waals surface area (Å²) in [6.07, 6.45) is 0. The topological polar surface area (TPSA) is 86.0 Å². The number of aromatic nitrogens is 3. The summed E-state index contributed by atoms with van der Waals surface area (Å²) in [5, 5.41) is 4.57. The highest BCUT2D eigenvalue weighted by molar-refractivity contribution is 7.14. The Morgan fingerprint density at radius 3 is 2.46 bits per heavy atom. The number of nitrogens with one attached hydrogen (secondary N) is 1. The molecule has 0 saturated heterocycles. The first-order chi connectivity index (χ1) is 11.5. The first-order valence-corrected chi connectivity index (χ1v) is 8.33. The number of ketones is 1. The zero-order valence-electron chi connectivity index (χ0n) is 13.3. The highest BCUT2D eigenvalue weighted by Crippen LogP contribution is 2.16. The molecular weight excluding hydrogens is 328 g/mol. The smallest absolute Gasteiger partial charge is 0.300 e. The van der Waals surface area contributed by atoms with Crippen molar-refractivity contribution in [2.45, 2.75) is 26.9 Å². The molecule has 3 rings (SSSR count). The quantitative estimate of drug-likeness (QED) is 0.718. The van der Waals surface area contributed by atoms with E-state index in [-0.39, 0.29) is 23.9 Å². The van der Waals surface area contributed by atoms with Gasteiger partial charge >= 0.3 is 5.69 Å². The number of amides is 1. The maximum Gasteiger partial charge on any atom is 0.329 e. The maximum atomic E-state index is 12.5. The molecule has 0 unspecified atom stereocenters. The largest absolute Gasteiger partial charge is 0.329 e. The Bertz CT molecular complexity index is 983. The number of benzene rings is 1. The minimum Gasteiger partial charge on any atom is -0.300 e. The lowest BCUT2D eigenvalue weighted by molar-refractivity contribution is -0.116. The van der Waals surface area contributed by atoms with E-state index >= 15 is 0 Å². The summed E-state index contributed by atoms with van der Waals surface area (Å²) >= 11 is 1.18. The fraction of sp³-hybridized carbons (Fsp3) is 0.250. The van der Waals surface area contributed by atoms with Gasteiger partial charge in [-0.3, -0.25) is 18.7 Å². The van der Waals surface area contributed by atoms with Gasteiger partial charge in [-0.25, -0.2) is 9.78 Å². The van der Waals surface area contributed by atoms with Crippen molar-refractivity contribution in [1.82, 2.24) is 14.1 Å². The van der Waals surface area contributed by atoms with Crippen LogP contribution >= 0.6 is 11.3 Å². The van der Waals surface area contributed by atoms with Gasteiger partial charge in [-0.15, -0.1) is 11.3 Å². The van der Waals surface area contributed by atoms with E-state index in [1.165, 1.54) is 22.8 Å². The third-order valence-corrected chi connectivity index (χ3v) is 4.41. The second-order valence-corrected chi connectivity index (χ2v) is 6.10. The number of hydrogen-bond donors (Lipinski definition) is 1. The number of fused-ring (bicyclic) bond motifs is 1. The van der Waals surface area contributed by atoms with Crippen molar-refractivity contribution < 1.29 is 9.59 Å². The molecule has 3 aromatic rings. The molecule has 124 valence electrons. The molecule has 7 nitrogen and oxygen atoms in total. The first kappa shape index (κ1) is 16.1. The van der Waals surface area contributed by atoms with Crippen molar-refractivity contribution in [3.05, 3.63) is 45.8 Å². The van der Waals surface area contributed by atoms with Gasteiger partial charge in [0.1, 0.15) is 12.2 Å². The van der Waals surface area contributed by atoms with Crippen LogP contribution in [0.15, 0.2) is 34.4 Å². The van der Waals surface area contributed by atoms with Crippen molar-refractivity contribution in [3.8, 4) is 0 Å². The van der Waals surface area contributed by atoms with Crippen molar-refractivity contribution >= 4 is 39.2 Å². The van der Waals surface area contributed by atoms with Crippen LogP contribution in [0.3, 0.4) is 0 Å². The molecule has 0 atom stereocenters. The summed E-state index contributed by atoms with van der Waals surface area (Å²) in [7, 11) is 0. The van der Waals surface area contributed by atoms with Crippen molar-refractivity contribution in [2.24, 2.45) is 0 Å². The van der Waals surface area contributed by atoms with Crippen LogP contribution in [0.1, 0.15) is 24.3 Å². The van der Waals surface area contributed by atoms with E-state index in [9.17, 15) is 14.4 Å². The average Bonchev–Trinajstić information content (AvgIpc) is 3.11. The summed E-state index contributed by atoms with van der Waals surface area (Å²) in [6.45, 7) is 3.72. The maximum absolute atomic E-state index is 12.5. The van der Waals surface area contributed by atoms with E-state index in [0.29, 0.717) is 22.9 Å². The van der Waals surface area contributed by atoms with Gasteiger partial charge in [0.15, 0.2) is 10.9 Å². The van der Waals surface area contributed by atoms with Crippen molar-refractivity contribution in [3.63, 3.8) is 0 Å². The molecule has 0 saturated carbocycles. The van der Waals surface area contributed by atoms with E-state index in [1.54, 1.807) is 9.95 Å². The molecule has 24 heavy (non-hydrogen) atoms. The Kier molecular flexibility index (Phi) is 4.30. The average molecular weight is 344 g/mol. The second-order valence-electron chi connectivity index (χ2n) is 5.24. The first-order valence-electron chi connectivity index (χ1n) is 7.45. The van der Waals surface area contributed by atoms with Crippen LogP contribution < -0.4 is 11.0 Å². The monoisotopic (exact) mass is 344 g/mol. The molecule has 0 aliphatic heterocycles. The molecule has 0 aliphatic carbocycles. The zero-order valence-corrected chi connectivity index (χ0v) is 14.1. The van der Waals surface area contributed by atoms with E-state index in [0.717, 1.165) is 5.52 Å². The van der Waals surface area contributed by atoms with Gasteiger partial charge in [-0.2, -0.15) is 0 Å². The zero-order chi connectivity index (χ0) is 17.3. The summed E-state index contributed by atoms with van der Waals surface area (Å²) < 4.78 is 3.06. The number of imidazole rings is 1. The van der Waals surface area contributed by atoms with Crippen LogP contribution in [-0.2, 0) is 17.9 Å². The number of para-hydroxylation sites is 2. The fourth-order valence-electron chi connectivity index (χ4n) is 2.53. The molecule has 1 amide bonds. The van der Waals surface area contributed by atoms with Gasteiger partial charge in [0.2, 0.25) is 5.91 Å². The molecule has 0 bridgehead atoms. The standard InChI is InChI=1S/C16H16N4O3S/c1-3-19-12-6-4-5-7-13(12)20(16(19)23)8-14(22)18-15-17-11(9-24-15)10(2)21/h4-7,9H,3,8H2,1-2H3,(H,17,18,22). The Labute approximate surface area is 141 Å². The fourth-order valence-corrected chi connectivity index (χ4v) is 3.29. The van der Waals surface area contributed by atoms with Crippen LogP contribution in [-0.4, -0.2) is 25.8 Å². The Balaban J connectivity index is 1.86. The molecule has 1 aromatic carbocycles. The third-order valence-electron chi connectivity index (χ3n) is 3.65. The molecule has 0 fully saturated rings. The lowest BCUT2D eigenvalue weighted by Gasteiger charge is -2.03. The van der Waals surface area contributed by atoms with Crippen molar-refractivity contribution in [1.29, 1.82) is 0 Å². The molecule has 0 spiro atoms. The highest BCUT2D eigenvalue weighted by Gasteiger charge is 2.15. The Morgan fingerprint density at radius 2 is 1.88 bits per heavy atom. The predicted octanol–water partition coefficient (Wildman–Crippen LogP) is 2.12. The van der Waals surface area contributed by atoms with Gasteiger partial charge in [0.25, 0.3) is 0 Å². The highest BCUT2D eigenvalue weighted by atomic mass is 32.1. The van der Waals surface area contributed by atoms with Gasteiger partial charge in [-0.05, 0) is 19.1 Å². The van der Waals surface area contributed by atoms with Crippen molar-refractivity contribution in [2.75, 3.05) is 5.32 Å². The Morgan fingerprint density at radius 1 is 1.21 bits per heavy atom. The molecule has 2 aromatic heterocycles. The number of aryl methyl sites for hydroxylation is 1. The summed E-state index contributed by atoms with van der Waals surface area (Å²) in [6, 6.07) is 7.36. The van der Waals surface area contributed by atoms with Crippen LogP contribution in [0.2, 0.25) is 0 Å². The second kappa shape index (κ2) is 6.40. The van der Waals surface area contributed by atoms with E-state index in [1.807, 2.05) is 31.2 Å². The summed E-state index contributed by atoms with van der Waals surface area (Å²) in [4.78, 5) is 40.0. The van der Waals surface area contributed by atoms with Gasteiger partial charge in [0, 0.05) is 18.8 Å². The molecule has 8 heteroatoms. The number of hydrogen-bond acceptors (Lipinski definition) is 5. The van der Waals surface area contributed by atoms with Crippen LogP contribution in [0, 0.1) is 0 Å². The molecular formula is C16H16N4O3S. The molecule has 2 heterocycles. The predicted molar refractivity (Wildman–Crippen MR) is 92.6 cm³/mol. The number of Topliss-reactive ketones (excluding diaryl/α,β-unsaturated/α-hetero) is 1. The number of nitrogens with zero attached hydrogens (tertiary/aromatic N) is 3. The summed E-state index contributed by atoms with van der Waals surface area (Å²) in [5.74, 6) is -0.519. The van der Waals surface area contributed by atoms with E-state index < -0.39 is 0 Å². The van der Waals surface area contributed by atoms with Gasteiger partial charge in [0.05, 0.1) is 11.0 Å². The Hall–Kier alpha value is -2.74. The summed E-state index contributed by atoms with van der Waals surface area (Å²) in [5.41, 5.74) is 1.60. The minimum absolute atomic E-state index is 0.110. The van der Waals surface area contributed by atoms with E-state index in [2.05, 4.69) is 10.3 Å². The lowest BCUT2D eigenvalue weighted by Crippen LogP contribution is -2.29.